The fourth-order valence-corrected chi connectivity index (χ4v) is 3.96. The Labute approximate surface area is 205 Å². The molecule has 0 amide bonds. The van der Waals surface area contributed by atoms with Gasteiger partial charge in [-0.1, -0.05) is 11.6 Å². The third-order valence-electron chi connectivity index (χ3n) is 5.42. The van der Waals surface area contributed by atoms with Crippen LogP contribution in [0.15, 0.2) is 41.8 Å². The molecule has 0 radical (unpaired) electrons. The molecule has 0 bridgehead atoms. The van der Waals surface area contributed by atoms with Crippen molar-refractivity contribution in [2.24, 2.45) is 14.1 Å². The van der Waals surface area contributed by atoms with Gasteiger partial charge in [-0.2, -0.15) is 23.3 Å². The van der Waals surface area contributed by atoms with Crippen molar-refractivity contribution in [1.82, 2.24) is 33.7 Å². The third-order valence-corrected chi connectivity index (χ3v) is 5.78. The summed E-state index contributed by atoms with van der Waals surface area (Å²) < 4.78 is 49.6. The van der Waals surface area contributed by atoms with E-state index in [0.29, 0.717) is 22.6 Å². The summed E-state index contributed by atoms with van der Waals surface area (Å²) >= 11 is 6.62. The van der Waals surface area contributed by atoms with Gasteiger partial charge in [0.25, 0.3) is 5.56 Å². The van der Waals surface area contributed by atoms with Crippen LogP contribution in [-0.4, -0.2) is 40.7 Å². The van der Waals surface area contributed by atoms with Crippen molar-refractivity contribution in [3.8, 4) is 11.5 Å². The molecule has 5 aromatic heterocycles. The smallest absolute Gasteiger partial charge is 0.417 e. The van der Waals surface area contributed by atoms with E-state index in [-0.39, 0.29) is 28.1 Å². The largest absolute Gasteiger partial charge is 0.450 e. The van der Waals surface area contributed by atoms with Gasteiger partial charge in [-0.05, 0) is 6.07 Å². The number of hydrogen-bond acceptors (Lipinski definition) is 8. The van der Waals surface area contributed by atoms with Gasteiger partial charge in [0.2, 0.25) is 5.95 Å². The number of aromatic nitrogens is 7. The maximum Gasteiger partial charge on any atom is 0.417 e. The Morgan fingerprint density at radius 3 is 2.61 bits per heavy atom. The minimum Gasteiger partial charge on any atom is -0.450 e. The first kappa shape index (κ1) is 23.4. The molecule has 11 nitrogen and oxygen atoms in total. The van der Waals surface area contributed by atoms with Crippen LogP contribution in [0.2, 0.25) is 5.02 Å². The molecule has 0 saturated carbocycles. The number of alkyl halides is 3. The van der Waals surface area contributed by atoms with Crippen LogP contribution in [0, 0.1) is 0 Å². The molecular formula is C21H17ClF3N9O2. The van der Waals surface area contributed by atoms with Crippen LogP contribution in [0.4, 0.5) is 30.6 Å². The molecule has 0 spiro atoms. The van der Waals surface area contributed by atoms with Gasteiger partial charge < -0.3 is 24.5 Å². The Morgan fingerprint density at radius 2 is 1.89 bits per heavy atom. The fraction of sp³-hybridized carbons (Fsp3) is 0.190. The van der Waals surface area contributed by atoms with Crippen molar-refractivity contribution < 1.29 is 17.9 Å². The predicted molar refractivity (Wildman–Crippen MR) is 126 cm³/mol. The number of nitrogens with one attached hydrogen (secondary N) is 2. The number of ether oxygens (including phenoxy) is 1. The monoisotopic (exact) mass is 519 g/mol. The van der Waals surface area contributed by atoms with Crippen molar-refractivity contribution >= 4 is 45.7 Å². The van der Waals surface area contributed by atoms with Gasteiger partial charge in [-0.15, -0.1) is 0 Å². The van der Waals surface area contributed by atoms with Crippen molar-refractivity contribution in [3.05, 3.63) is 58.0 Å². The minimum atomic E-state index is -4.63. The van der Waals surface area contributed by atoms with E-state index >= 15 is 0 Å². The quantitative estimate of drug-likeness (QED) is 0.358. The predicted octanol–water partition coefficient (Wildman–Crippen LogP) is 3.96. The number of pyridine rings is 2. The second-order valence-corrected chi connectivity index (χ2v) is 8.09. The maximum absolute atomic E-state index is 13.2. The van der Waals surface area contributed by atoms with Crippen LogP contribution in [0.1, 0.15) is 5.56 Å². The van der Waals surface area contributed by atoms with Crippen LogP contribution in [0.25, 0.3) is 16.7 Å². The Hall–Kier alpha value is -4.33. The van der Waals surface area contributed by atoms with E-state index in [2.05, 4.69) is 30.7 Å². The number of aryl methyl sites for hydroxylation is 2. The van der Waals surface area contributed by atoms with E-state index in [1.807, 2.05) is 0 Å². The van der Waals surface area contributed by atoms with Crippen LogP contribution in [0.5, 0.6) is 11.5 Å². The Morgan fingerprint density at radius 1 is 1.11 bits per heavy atom. The van der Waals surface area contributed by atoms with Gasteiger partial charge in [-0.25, -0.2) is 14.5 Å². The van der Waals surface area contributed by atoms with Gasteiger partial charge in [0, 0.05) is 39.7 Å². The average Bonchev–Trinajstić information content (AvgIpc) is 3.39. The van der Waals surface area contributed by atoms with Crippen LogP contribution in [-0.2, 0) is 20.3 Å². The number of rotatable bonds is 5. The summed E-state index contributed by atoms with van der Waals surface area (Å²) in [6.45, 7) is 0. The SMILES string of the molecule is CNc1nccn2ncc(Oc3cnc4nc(Nc5cc(C(F)(F)F)cn(C)c5=O)n(C)c4c3Cl)c12. The lowest BCUT2D eigenvalue weighted by atomic mass is 10.2. The molecule has 186 valence electrons. The number of fused-ring (bicyclic) bond motifs is 2. The summed E-state index contributed by atoms with van der Waals surface area (Å²) in [6, 6.07) is 0.726. The molecule has 0 aliphatic rings. The number of halogens is 4. The number of imidazole rings is 1. The third kappa shape index (κ3) is 3.84. The van der Waals surface area contributed by atoms with Crippen LogP contribution < -0.4 is 20.9 Å². The van der Waals surface area contributed by atoms with Crippen LogP contribution >= 0.6 is 11.6 Å². The highest BCUT2D eigenvalue weighted by Crippen LogP contribution is 2.38. The van der Waals surface area contributed by atoms with Crippen molar-refractivity contribution in [2.75, 3.05) is 17.7 Å². The molecular weight excluding hydrogens is 503 g/mol. The lowest BCUT2D eigenvalue weighted by Gasteiger charge is -2.12. The van der Waals surface area contributed by atoms with Crippen molar-refractivity contribution in [1.29, 1.82) is 0 Å². The summed E-state index contributed by atoms with van der Waals surface area (Å²) in [5.74, 6) is 1.15. The molecule has 5 rings (SSSR count). The Balaban J connectivity index is 1.55. The molecule has 0 saturated heterocycles. The molecule has 15 heteroatoms. The standard InChI is InChI=1S/C21H17ClF3N9O2/c1-26-17-15-13(8-29-34(15)5-4-27-17)36-12-7-28-18-16(14(12)22)33(3)20(31-18)30-11-6-10(21(23,24)25)9-32(2)19(11)35/h4-9H,1-3H3,(H,26,27)(H,28,30,31). The van der Waals surface area contributed by atoms with Gasteiger partial charge in [0.05, 0.1) is 18.0 Å². The molecule has 0 fully saturated rings. The second kappa shape index (κ2) is 8.41. The van der Waals surface area contributed by atoms with Gasteiger partial charge in [-0.3, -0.25) is 4.79 Å². The summed E-state index contributed by atoms with van der Waals surface area (Å²) in [6.07, 6.45) is 2.19. The normalized spacial score (nSPS) is 11.9. The maximum atomic E-state index is 13.2. The zero-order valence-electron chi connectivity index (χ0n) is 18.9. The van der Waals surface area contributed by atoms with Crippen LogP contribution in [0.3, 0.4) is 0 Å². The Bertz CT molecular complexity index is 1690. The first-order chi connectivity index (χ1) is 17.1. The zero-order chi connectivity index (χ0) is 25.8. The summed E-state index contributed by atoms with van der Waals surface area (Å²) in [5, 5.41) is 10.0. The molecule has 5 aromatic rings. The molecule has 0 aliphatic carbocycles. The number of nitrogens with zero attached hydrogens (tertiary/aromatic N) is 7. The molecule has 36 heavy (non-hydrogen) atoms. The molecule has 0 unspecified atom stereocenters. The lowest BCUT2D eigenvalue weighted by molar-refractivity contribution is -0.138. The fourth-order valence-electron chi connectivity index (χ4n) is 3.67. The van der Waals surface area contributed by atoms with Crippen molar-refractivity contribution in [3.63, 3.8) is 0 Å². The van der Waals surface area contributed by atoms with Gasteiger partial charge >= 0.3 is 6.18 Å². The van der Waals surface area contributed by atoms with E-state index in [4.69, 9.17) is 16.3 Å². The first-order valence-electron chi connectivity index (χ1n) is 10.3. The highest BCUT2D eigenvalue weighted by Gasteiger charge is 2.32. The van der Waals surface area contributed by atoms with Gasteiger partial charge in [0.1, 0.15) is 16.2 Å². The molecule has 0 aromatic carbocycles. The summed E-state index contributed by atoms with van der Waals surface area (Å²) in [5.41, 5.74) is -0.857. The molecule has 2 N–H and O–H groups in total. The molecule has 0 atom stereocenters. The minimum absolute atomic E-state index is 0.0608. The highest BCUT2D eigenvalue weighted by atomic mass is 35.5. The topological polar surface area (TPSA) is 116 Å². The summed E-state index contributed by atoms with van der Waals surface area (Å²) in [4.78, 5) is 25.2. The Kier molecular flexibility index (Phi) is 5.47. The second-order valence-electron chi connectivity index (χ2n) is 7.71. The van der Waals surface area contributed by atoms with Crippen molar-refractivity contribution in [2.45, 2.75) is 6.18 Å². The number of hydrogen-bond donors (Lipinski definition) is 2. The number of anilines is 3. The molecule has 0 aliphatic heterocycles. The first-order valence-corrected chi connectivity index (χ1v) is 10.7. The average molecular weight is 520 g/mol. The van der Waals surface area contributed by atoms with E-state index in [0.717, 1.165) is 16.8 Å². The summed E-state index contributed by atoms with van der Waals surface area (Å²) in [7, 11) is 4.52. The van der Waals surface area contributed by atoms with E-state index < -0.39 is 17.3 Å². The van der Waals surface area contributed by atoms with Gasteiger partial charge in [0.15, 0.2) is 28.5 Å². The van der Waals surface area contributed by atoms with E-state index in [9.17, 15) is 18.0 Å². The lowest BCUT2D eigenvalue weighted by Crippen LogP contribution is -2.23. The van der Waals surface area contributed by atoms with E-state index in [1.54, 1.807) is 31.0 Å². The zero-order valence-corrected chi connectivity index (χ0v) is 19.7. The van der Waals surface area contributed by atoms with E-state index in [1.165, 1.54) is 24.0 Å². The highest BCUT2D eigenvalue weighted by molar-refractivity contribution is 6.36. The molecule has 5 heterocycles.